The number of hydrogen-bond acceptors (Lipinski definition) is 4. The van der Waals surface area contributed by atoms with Gasteiger partial charge in [0.2, 0.25) is 0 Å². The van der Waals surface area contributed by atoms with E-state index in [9.17, 15) is 18.5 Å². The Bertz CT molecular complexity index is 722. The van der Waals surface area contributed by atoms with E-state index >= 15 is 0 Å². The Morgan fingerprint density at radius 2 is 1.65 bits per heavy atom. The van der Waals surface area contributed by atoms with Gasteiger partial charge in [-0.2, -0.15) is 0 Å². The second-order valence-electron chi connectivity index (χ2n) is 4.38. The highest BCUT2D eigenvalue weighted by atomic mass is 32.2. The smallest absolute Gasteiger partial charge is 0.258 e. The van der Waals surface area contributed by atoms with Crippen LogP contribution >= 0.6 is 0 Å². The van der Waals surface area contributed by atoms with Gasteiger partial charge in [-0.25, -0.2) is 13.0 Å². The number of benzene rings is 1. The number of nitro groups is 1. The Labute approximate surface area is 116 Å². The standard InChI is InChI=1S/C13H13N2O4S/c1-14-8-6-11(7-9-14)10-20(18,19)13-4-2-12(3-5-13)15(16)17/h2-9H,10H2,1H3/q+1. The molecule has 20 heavy (non-hydrogen) atoms. The summed E-state index contributed by atoms with van der Waals surface area (Å²) in [5, 5.41) is 10.5. The molecule has 2 rings (SSSR count). The van der Waals surface area contributed by atoms with Crippen LogP contribution in [0.3, 0.4) is 0 Å². The van der Waals surface area contributed by atoms with Crippen LogP contribution in [0.25, 0.3) is 0 Å². The number of aryl methyl sites for hydroxylation is 1. The van der Waals surface area contributed by atoms with Crippen molar-refractivity contribution in [2.24, 2.45) is 7.05 Å². The Morgan fingerprint density at radius 1 is 1.10 bits per heavy atom. The van der Waals surface area contributed by atoms with E-state index in [-0.39, 0.29) is 16.3 Å². The molecule has 2 aromatic rings. The minimum atomic E-state index is -3.50. The molecule has 0 bridgehead atoms. The maximum Gasteiger partial charge on any atom is 0.269 e. The Balaban J connectivity index is 2.26. The zero-order valence-corrected chi connectivity index (χ0v) is 11.6. The largest absolute Gasteiger partial charge is 0.269 e. The van der Waals surface area contributed by atoms with Crippen molar-refractivity contribution < 1.29 is 17.9 Å². The van der Waals surface area contributed by atoms with Crippen molar-refractivity contribution in [3.05, 3.63) is 64.5 Å². The van der Waals surface area contributed by atoms with E-state index in [1.54, 1.807) is 24.5 Å². The van der Waals surface area contributed by atoms with Crippen LogP contribution in [0, 0.1) is 10.1 Å². The Hall–Kier alpha value is -2.28. The van der Waals surface area contributed by atoms with Crippen LogP contribution in [0.4, 0.5) is 5.69 Å². The Morgan fingerprint density at radius 3 is 2.15 bits per heavy atom. The SMILES string of the molecule is C[n+]1ccc(CS(=O)(=O)c2ccc([N+](=O)[O-])cc2)cc1. The van der Waals surface area contributed by atoms with E-state index in [1.165, 1.54) is 24.3 Å². The van der Waals surface area contributed by atoms with E-state index < -0.39 is 14.8 Å². The third-order valence-electron chi connectivity index (χ3n) is 2.81. The van der Waals surface area contributed by atoms with Crippen LogP contribution < -0.4 is 4.57 Å². The van der Waals surface area contributed by atoms with E-state index in [4.69, 9.17) is 0 Å². The number of rotatable bonds is 4. The van der Waals surface area contributed by atoms with Crippen LogP contribution in [0.2, 0.25) is 0 Å². The van der Waals surface area contributed by atoms with Gasteiger partial charge in [0.1, 0.15) is 7.05 Å². The van der Waals surface area contributed by atoms with Crippen molar-refractivity contribution in [3.8, 4) is 0 Å². The summed E-state index contributed by atoms with van der Waals surface area (Å²) in [6.45, 7) is 0. The number of nitro benzene ring substituents is 1. The maximum absolute atomic E-state index is 12.2. The van der Waals surface area contributed by atoms with Gasteiger partial charge in [0.05, 0.1) is 15.6 Å². The highest BCUT2D eigenvalue weighted by Gasteiger charge is 2.17. The number of sulfone groups is 1. The molecular weight excluding hydrogens is 280 g/mol. The molecule has 6 nitrogen and oxygen atoms in total. The number of aromatic nitrogens is 1. The number of hydrogen-bond donors (Lipinski definition) is 0. The number of pyridine rings is 1. The van der Waals surface area contributed by atoms with Crippen molar-refractivity contribution in [2.45, 2.75) is 10.6 Å². The maximum atomic E-state index is 12.2. The topological polar surface area (TPSA) is 81.2 Å². The van der Waals surface area contributed by atoms with E-state index in [1.807, 2.05) is 11.6 Å². The van der Waals surface area contributed by atoms with Gasteiger partial charge in [-0.1, -0.05) is 0 Å². The molecule has 0 radical (unpaired) electrons. The summed E-state index contributed by atoms with van der Waals surface area (Å²) < 4.78 is 26.2. The van der Waals surface area contributed by atoms with Gasteiger partial charge in [0, 0.05) is 24.3 Å². The van der Waals surface area contributed by atoms with Crippen molar-refractivity contribution in [2.75, 3.05) is 0 Å². The zero-order chi connectivity index (χ0) is 14.8. The van der Waals surface area contributed by atoms with Crippen LogP contribution in [0.1, 0.15) is 5.56 Å². The van der Waals surface area contributed by atoms with Gasteiger partial charge in [-0.05, 0) is 17.7 Å². The van der Waals surface area contributed by atoms with Gasteiger partial charge in [-0.15, -0.1) is 0 Å². The first-order valence-electron chi connectivity index (χ1n) is 5.80. The highest BCUT2D eigenvalue weighted by Crippen LogP contribution is 2.19. The summed E-state index contributed by atoms with van der Waals surface area (Å²) in [4.78, 5) is 10.1. The molecule has 104 valence electrons. The first kappa shape index (κ1) is 14.1. The van der Waals surface area contributed by atoms with E-state index in [0.717, 1.165) is 0 Å². The van der Waals surface area contributed by atoms with Crippen LogP contribution in [0.5, 0.6) is 0 Å². The molecule has 1 aromatic heterocycles. The molecule has 0 aliphatic heterocycles. The second-order valence-corrected chi connectivity index (χ2v) is 6.37. The minimum absolute atomic E-state index is 0.0799. The van der Waals surface area contributed by atoms with Gasteiger partial charge in [0.15, 0.2) is 22.2 Å². The molecule has 0 atom stereocenters. The third kappa shape index (κ3) is 3.18. The van der Waals surface area contributed by atoms with Crippen molar-refractivity contribution in [1.82, 2.24) is 0 Å². The fourth-order valence-electron chi connectivity index (χ4n) is 1.71. The van der Waals surface area contributed by atoms with Gasteiger partial charge >= 0.3 is 0 Å². The quantitative estimate of drug-likeness (QED) is 0.484. The Kier molecular flexibility index (Phi) is 3.80. The summed E-state index contributed by atoms with van der Waals surface area (Å²) in [5.74, 6) is -0.133. The summed E-state index contributed by atoms with van der Waals surface area (Å²) in [7, 11) is -1.66. The lowest BCUT2D eigenvalue weighted by Crippen LogP contribution is -2.26. The van der Waals surface area contributed by atoms with Gasteiger partial charge < -0.3 is 0 Å². The number of non-ortho nitro benzene ring substituents is 1. The lowest BCUT2D eigenvalue weighted by Gasteiger charge is -2.03. The number of nitrogens with zero attached hydrogens (tertiary/aromatic N) is 2. The fraction of sp³-hybridized carbons (Fsp3) is 0.154. The van der Waals surface area contributed by atoms with Crippen LogP contribution in [-0.2, 0) is 22.6 Å². The third-order valence-corrected chi connectivity index (χ3v) is 4.51. The molecule has 1 heterocycles. The monoisotopic (exact) mass is 293 g/mol. The summed E-state index contributed by atoms with van der Waals surface area (Å²) in [6, 6.07) is 8.36. The molecule has 1 aromatic carbocycles. The molecule has 0 amide bonds. The summed E-state index contributed by atoms with van der Waals surface area (Å²) in [5.41, 5.74) is 0.539. The van der Waals surface area contributed by atoms with E-state index in [0.29, 0.717) is 5.56 Å². The zero-order valence-electron chi connectivity index (χ0n) is 10.8. The predicted molar refractivity (Wildman–Crippen MR) is 71.6 cm³/mol. The molecule has 0 saturated heterocycles. The van der Waals surface area contributed by atoms with E-state index in [2.05, 4.69) is 0 Å². The second kappa shape index (κ2) is 5.38. The lowest BCUT2D eigenvalue weighted by molar-refractivity contribution is -0.671. The fourth-order valence-corrected chi connectivity index (χ4v) is 3.05. The van der Waals surface area contributed by atoms with Crippen molar-refractivity contribution >= 4 is 15.5 Å². The molecular formula is C13H13N2O4S+. The molecule has 7 heteroatoms. The average molecular weight is 293 g/mol. The van der Waals surface area contributed by atoms with Gasteiger partial charge in [-0.3, -0.25) is 10.1 Å². The summed E-state index contributed by atoms with van der Waals surface area (Å²) in [6.07, 6.45) is 3.53. The lowest BCUT2D eigenvalue weighted by atomic mass is 10.3. The molecule has 0 unspecified atom stereocenters. The predicted octanol–water partition coefficient (Wildman–Crippen LogP) is 1.39. The molecule has 0 aliphatic carbocycles. The van der Waals surface area contributed by atoms with Crippen LogP contribution in [0.15, 0.2) is 53.7 Å². The van der Waals surface area contributed by atoms with Crippen molar-refractivity contribution in [1.29, 1.82) is 0 Å². The average Bonchev–Trinajstić information content (AvgIpc) is 2.41. The molecule has 0 saturated carbocycles. The highest BCUT2D eigenvalue weighted by molar-refractivity contribution is 7.90. The molecule has 0 aliphatic rings. The molecule has 0 N–H and O–H groups in total. The normalized spacial score (nSPS) is 11.2. The minimum Gasteiger partial charge on any atom is -0.258 e. The first-order valence-corrected chi connectivity index (χ1v) is 7.45. The van der Waals surface area contributed by atoms with Crippen molar-refractivity contribution in [3.63, 3.8) is 0 Å². The first-order chi connectivity index (χ1) is 9.38. The van der Waals surface area contributed by atoms with Gasteiger partial charge in [0.25, 0.3) is 5.69 Å². The molecule has 0 fully saturated rings. The summed E-state index contributed by atoms with van der Waals surface area (Å²) >= 11 is 0. The molecule has 0 spiro atoms. The van der Waals surface area contributed by atoms with Crippen LogP contribution in [-0.4, -0.2) is 13.3 Å².